The first-order chi connectivity index (χ1) is 9.70. The third-order valence-electron chi connectivity index (χ3n) is 3.53. The van der Waals surface area contributed by atoms with Crippen LogP contribution in [0.15, 0.2) is 24.3 Å². The van der Waals surface area contributed by atoms with Gasteiger partial charge < -0.3 is 9.64 Å². The Hall–Kier alpha value is -0.740. The van der Waals surface area contributed by atoms with Gasteiger partial charge in [0.2, 0.25) is 0 Å². The topological polar surface area (TPSA) is 29.5 Å². The molecule has 0 saturated carbocycles. The summed E-state index contributed by atoms with van der Waals surface area (Å²) in [7, 11) is 0. The van der Waals surface area contributed by atoms with Crippen LogP contribution in [-0.2, 0) is 4.79 Å². The van der Waals surface area contributed by atoms with E-state index in [0.717, 1.165) is 24.7 Å². The number of rotatable bonds is 4. The van der Waals surface area contributed by atoms with E-state index in [0.29, 0.717) is 10.8 Å². The Balaban J connectivity index is 1.92. The van der Waals surface area contributed by atoms with Crippen LogP contribution in [-0.4, -0.2) is 35.3 Å². The Labute approximate surface area is 133 Å². The normalized spacial score (nSPS) is 19.5. The molecule has 1 fully saturated rings. The largest absolute Gasteiger partial charge is 0.484 e. The summed E-state index contributed by atoms with van der Waals surface area (Å²) in [6.45, 7) is 0.901. The smallest absolute Gasteiger partial charge is 0.260 e. The zero-order chi connectivity index (χ0) is 14.4. The standard InChI is InChI=1S/C15H19BrClNO2/c16-10-13-6-2-1-3-8-18(13)15(19)11-20-14-7-4-5-12(17)9-14/h4-5,7,9,13H,1-3,6,8,10-11H2. The number of amides is 1. The number of hydrogen-bond acceptors (Lipinski definition) is 2. The summed E-state index contributed by atoms with van der Waals surface area (Å²) in [4.78, 5) is 14.3. The third kappa shape index (κ3) is 4.38. The highest BCUT2D eigenvalue weighted by Gasteiger charge is 2.24. The van der Waals surface area contributed by atoms with Gasteiger partial charge in [0.1, 0.15) is 5.75 Å². The molecule has 0 aromatic heterocycles. The molecular formula is C15H19BrClNO2. The van der Waals surface area contributed by atoms with Gasteiger partial charge in [-0.2, -0.15) is 0 Å². The summed E-state index contributed by atoms with van der Waals surface area (Å²) in [5.41, 5.74) is 0. The van der Waals surface area contributed by atoms with Crippen molar-refractivity contribution in [2.24, 2.45) is 0 Å². The number of carbonyl (C=O) groups is 1. The van der Waals surface area contributed by atoms with E-state index in [1.165, 1.54) is 12.8 Å². The molecule has 0 spiro atoms. The van der Waals surface area contributed by atoms with Crippen LogP contribution in [0.3, 0.4) is 0 Å². The van der Waals surface area contributed by atoms with E-state index in [4.69, 9.17) is 16.3 Å². The average molecular weight is 361 g/mol. The Bertz CT molecular complexity index is 455. The third-order valence-corrected chi connectivity index (χ3v) is 4.52. The molecular weight excluding hydrogens is 342 g/mol. The molecule has 2 rings (SSSR count). The lowest BCUT2D eigenvalue weighted by Crippen LogP contribution is -2.43. The Morgan fingerprint density at radius 3 is 3.00 bits per heavy atom. The zero-order valence-electron chi connectivity index (χ0n) is 11.4. The van der Waals surface area contributed by atoms with Gasteiger partial charge in [-0.1, -0.05) is 46.4 Å². The Morgan fingerprint density at radius 2 is 2.25 bits per heavy atom. The van der Waals surface area contributed by atoms with Crippen molar-refractivity contribution in [3.63, 3.8) is 0 Å². The maximum absolute atomic E-state index is 12.3. The molecule has 20 heavy (non-hydrogen) atoms. The minimum Gasteiger partial charge on any atom is -0.484 e. The van der Waals surface area contributed by atoms with Crippen molar-refractivity contribution in [1.82, 2.24) is 4.90 Å². The average Bonchev–Trinajstić information content (AvgIpc) is 2.70. The molecule has 0 bridgehead atoms. The molecule has 1 atom stereocenters. The van der Waals surface area contributed by atoms with E-state index >= 15 is 0 Å². The maximum Gasteiger partial charge on any atom is 0.260 e. The summed E-state index contributed by atoms with van der Waals surface area (Å²) in [5.74, 6) is 0.687. The molecule has 5 heteroatoms. The second-order valence-corrected chi connectivity index (χ2v) is 6.07. The van der Waals surface area contributed by atoms with E-state index in [1.807, 2.05) is 17.0 Å². The molecule has 1 aliphatic rings. The fourth-order valence-corrected chi connectivity index (χ4v) is 3.30. The lowest BCUT2D eigenvalue weighted by atomic mass is 10.1. The molecule has 3 nitrogen and oxygen atoms in total. The van der Waals surface area contributed by atoms with E-state index in [2.05, 4.69) is 15.9 Å². The minimum atomic E-state index is 0.0522. The fourth-order valence-electron chi connectivity index (χ4n) is 2.45. The van der Waals surface area contributed by atoms with Crippen LogP contribution in [0.1, 0.15) is 25.7 Å². The number of hydrogen-bond donors (Lipinski definition) is 0. The monoisotopic (exact) mass is 359 g/mol. The summed E-state index contributed by atoms with van der Waals surface area (Å²) < 4.78 is 5.54. The van der Waals surface area contributed by atoms with Crippen LogP contribution in [0, 0.1) is 0 Å². The van der Waals surface area contributed by atoms with Gasteiger partial charge in [-0.05, 0) is 31.0 Å². The molecule has 1 amide bonds. The lowest BCUT2D eigenvalue weighted by molar-refractivity contribution is -0.135. The van der Waals surface area contributed by atoms with E-state index < -0.39 is 0 Å². The van der Waals surface area contributed by atoms with E-state index in [9.17, 15) is 4.79 Å². The summed E-state index contributed by atoms with van der Waals surface area (Å²) >= 11 is 9.40. The van der Waals surface area contributed by atoms with Gasteiger partial charge in [0.15, 0.2) is 6.61 Å². The second kappa shape index (κ2) is 7.89. The van der Waals surface area contributed by atoms with Gasteiger partial charge in [0.05, 0.1) is 0 Å². The van der Waals surface area contributed by atoms with Gasteiger partial charge in [-0.15, -0.1) is 0 Å². The van der Waals surface area contributed by atoms with Crippen LogP contribution in [0.2, 0.25) is 5.02 Å². The number of carbonyl (C=O) groups excluding carboxylic acids is 1. The van der Waals surface area contributed by atoms with Crippen LogP contribution < -0.4 is 4.74 Å². The first-order valence-corrected chi connectivity index (χ1v) is 8.44. The first-order valence-electron chi connectivity index (χ1n) is 6.94. The number of halogens is 2. The predicted molar refractivity (Wildman–Crippen MR) is 84.7 cm³/mol. The van der Waals surface area contributed by atoms with Crippen molar-refractivity contribution < 1.29 is 9.53 Å². The van der Waals surface area contributed by atoms with Gasteiger partial charge in [-0.25, -0.2) is 0 Å². The lowest BCUT2D eigenvalue weighted by Gasteiger charge is -2.28. The fraction of sp³-hybridized carbons (Fsp3) is 0.533. The van der Waals surface area contributed by atoms with E-state index in [1.54, 1.807) is 12.1 Å². The molecule has 1 saturated heterocycles. The van der Waals surface area contributed by atoms with Crippen LogP contribution in [0.5, 0.6) is 5.75 Å². The number of nitrogens with zero attached hydrogens (tertiary/aromatic N) is 1. The molecule has 110 valence electrons. The van der Waals surface area contributed by atoms with Gasteiger partial charge in [-0.3, -0.25) is 4.79 Å². The highest BCUT2D eigenvalue weighted by molar-refractivity contribution is 9.09. The summed E-state index contributed by atoms with van der Waals surface area (Å²) in [5, 5.41) is 1.44. The van der Waals surface area contributed by atoms with Crippen LogP contribution in [0.25, 0.3) is 0 Å². The predicted octanol–water partition coefficient (Wildman–Crippen LogP) is 3.88. The quantitative estimate of drug-likeness (QED) is 0.763. The second-order valence-electron chi connectivity index (χ2n) is 4.99. The highest BCUT2D eigenvalue weighted by Crippen LogP contribution is 2.20. The number of ether oxygens (including phenoxy) is 1. The summed E-state index contributed by atoms with van der Waals surface area (Å²) in [6, 6.07) is 7.41. The van der Waals surface area contributed by atoms with Crippen molar-refractivity contribution in [3.8, 4) is 5.75 Å². The SMILES string of the molecule is O=C(COc1cccc(Cl)c1)N1CCCCCC1CBr. The Morgan fingerprint density at radius 1 is 1.40 bits per heavy atom. The number of likely N-dealkylation sites (tertiary alicyclic amines) is 1. The van der Waals surface area contributed by atoms with Gasteiger partial charge >= 0.3 is 0 Å². The molecule has 0 radical (unpaired) electrons. The molecule has 1 aromatic carbocycles. The van der Waals surface area contributed by atoms with E-state index in [-0.39, 0.29) is 18.6 Å². The summed E-state index contributed by atoms with van der Waals surface area (Å²) in [6.07, 6.45) is 4.53. The van der Waals surface area contributed by atoms with Gasteiger partial charge in [0, 0.05) is 22.9 Å². The molecule has 0 aliphatic carbocycles. The van der Waals surface area contributed by atoms with Crippen molar-refractivity contribution in [3.05, 3.63) is 29.3 Å². The molecule has 1 aliphatic heterocycles. The van der Waals surface area contributed by atoms with Gasteiger partial charge in [0.25, 0.3) is 5.91 Å². The zero-order valence-corrected chi connectivity index (χ0v) is 13.7. The van der Waals surface area contributed by atoms with Crippen LogP contribution >= 0.6 is 27.5 Å². The number of benzene rings is 1. The molecule has 1 unspecified atom stereocenters. The molecule has 1 heterocycles. The van der Waals surface area contributed by atoms with Crippen LogP contribution in [0.4, 0.5) is 0 Å². The number of alkyl halides is 1. The molecule has 0 N–H and O–H groups in total. The first kappa shape index (κ1) is 15.6. The Kier molecular flexibility index (Phi) is 6.17. The van der Waals surface area contributed by atoms with Crippen molar-refractivity contribution >= 4 is 33.4 Å². The van der Waals surface area contributed by atoms with Crippen molar-refractivity contribution in [2.45, 2.75) is 31.7 Å². The van der Waals surface area contributed by atoms with Crippen molar-refractivity contribution in [1.29, 1.82) is 0 Å². The van der Waals surface area contributed by atoms with Crippen molar-refractivity contribution in [2.75, 3.05) is 18.5 Å². The molecule has 1 aromatic rings. The highest BCUT2D eigenvalue weighted by atomic mass is 79.9. The minimum absolute atomic E-state index is 0.0522. The maximum atomic E-state index is 12.3.